The molecule has 0 aromatic heterocycles. The van der Waals surface area contributed by atoms with Crippen LogP contribution >= 0.6 is 0 Å². The molecule has 0 bridgehead atoms. The monoisotopic (exact) mass is 268 g/mol. The van der Waals surface area contributed by atoms with Gasteiger partial charge in [0.1, 0.15) is 0 Å². The van der Waals surface area contributed by atoms with Crippen molar-refractivity contribution in [3.8, 4) is 0 Å². The minimum Gasteiger partial charge on any atom is -0.309 e. The molecule has 1 heterocycles. The molecular weight excluding hydrogens is 246 g/mol. The fourth-order valence-electron chi connectivity index (χ4n) is 2.69. The molecule has 1 fully saturated rings. The van der Waals surface area contributed by atoms with E-state index in [9.17, 15) is 8.78 Å². The summed E-state index contributed by atoms with van der Waals surface area (Å²) < 4.78 is 27.0. The van der Waals surface area contributed by atoms with Crippen LogP contribution in [-0.2, 0) is 6.54 Å². The minimum absolute atomic E-state index is 0.00940. The van der Waals surface area contributed by atoms with Gasteiger partial charge in [0.2, 0.25) is 0 Å². The molecule has 1 N–H and O–H groups in total. The van der Waals surface area contributed by atoms with Crippen LogP contribution in [0.15, 0.2) is 18.2 Å². The van der Waals surface area contributed by atoms with Gasteiger partial charge in [0.15, 0.2) is 11.6 Å². The molecule has 1 aliphatic rings. The summed E-state index contributed by atoms with van der Waals surface area (Å²) in [6.45, 7) is 8.58. The molecule has 0 radical (unpaired) electrons. The molecular formula is C15H22F2N2. The Morgan fingerprint density at radius 1 is 1.37 bits per heavy atom. The van der Waals surface area contributed by atoms with Crippen molar-refractivity contribution in [2.24, 2.45) is 0 Å². The van der Waals surface area contributed by atoms with Crippen molar-refractivity contribution in [3.63, 3.8) is 0 Å². The second kappa shape index (κ2) is 5.55. The Kier molecular flexibility index (Phi) is 4.21. The zero-order valence-electron chi connectivity index (χ0n) is 11.8. The van der Waals surface area contributed by atoms with Gasteiger partial charge < -0.3 is 5.32 Å². The van der Waals surface area contributed by atoms with E-state index in [-0.39, 0.29) is 5.54 Å². The third-order valence-corrected chi connectivity index (χ3v) is 3.81. The summed E-state index contributed by atoms with van der Waals surface area (Å²) in [5, 5.41) is 3.49. The zero-order chi connectivity index (χ0) is 14.0. The Morgan fingerprint density at radius 3 is 2.79 bits per heavy atom. The molecule has 106 valence electrons. The minimum atomic E-state index is -0.764. The van der Waals surface area contributed by atoms with E-state index in [1.807, 2.05) is 0 Å². The van der Waals surface area contributed by atoms with E-state index >= 15 is 0 Å². The molecule has 1 atom stereocenters. The Balaban J connectivity index is 2.17. The van der Waals surface area contributed by atoms with Gasteiger partial charge in [-0.25, -0.2) is 8.78 Å². The van der Waals surface area contributed by atoms with Crippen LogP contribution in [0.2, 0.25) is 0 Å². The van der Waals surface area contributed by atoms with Crippen molar-refractivity contribution in [2.75, 3.05) is 13.1 Å². The maximum absolute atomic E-state index is 13.8. The zero-order valence-corrected chi connectivity index (χ0v) is 11.8. The third kappa shape index (κ3) is 3.31. The van der Waals surface area contributed by atoms with Crippen LogP contribution in [0.5, 0.6) is 0 Å². The molecule has 1 saturated heterocycles. The van der Waals surface area contributed by atoms with Gasteiger partial charge >= 0.3 is 0 Å². The molecule has 0 amide bonds. The molecule has 2 nitrogen and oxygen atoms in total. The Bertz CT molecular complexity index is 446. The molecule has 1 unspecified atom stereocenters. The maximum Gasteiger partial charge on any atom is 0.163 e. The van der Waals surface area contributed by atoms with Gasteiger partial charge in [0.05, 0.1) is 0 Å². The SMILES string of the molecule is CCC1CNC(C)(C)CN1Cc1cccc(F)c1F. The van der Waals surface area contributed by atoms with Crippen molar-refractivity contribution in [1.29, 1.82) is 0 Å². The summed E-state index contributed by atoms with van der Waals surface area (Å²) >= 11 is 0. The highest BCUT2D eigenvalue weighted by Crippen LogP contribution is 2.21. The first-order chi connectivity index (χ1) is 8.93. The van der Waals surface area contributed by atoms with E-state index in [0.717, 1.165) is 25.6 Å². The molecule has 0 aliphatic carbocycles. The predicted molar refractivity (Wildman–Crippen MR) is 72.9 cm³/mol. The highest BCUT2D eigenvalue weighted by molar-refractivity contribution is 5.19. The molecule has 1 aliphatic heterocycles. The predicted octanol–water partition coefficient (Wildman–Crippen LogP) is 2.93. The summed E-state index contributed by atoms with van der Waals surface area (Å²) in [4.78, 5) is 2.24. The van der Waals surface area contributed by atoms with E-state index < -0.39 is 11.6 Å². The largest absolute Gasteiger partial charge is 0.309 e. The lowest BCUT2D eigenvalue weighted by Gasteiger charge is -2.44. The highest BCUT2D eigenvalue weighted by Gasteiger charge is 2.31. The fraction of sp³-hybridized carbons (Fsp3) is 0.600. The average Bonchev–Trinajstić information content (AvgIpc) is 2.34. The van der Waals surface area contributed by atoms with Crippen LogP contribution in [0.25, 0.3) is 0 Å². The van der Waals surface area contributed by atoms with Gasteiger partial charge in [-0.05, 0) is 26.3 Å². The molecule has 2 rings (SSSR count). The van der Waals surface area contributed by atoms with Gasteiger partial charge in [0.25, 0.3) is 0 Å². The van der Waals surface area contributed by atoms with Gasteiger partial charge in [-0.1, -0.05) is 19.1 Å². The number of hydrogen-bond acceptors (Lipinski definition) is 2. The second-order valence-electron chi connectivity index (χ2n) is 5.94. The van der Waals surface area contributed by atoms with Crippen molar-refractivity contribution in [2.45, 2.75) is 45.3 Å². The lowest BCUT2D eigenvalue weighted by atomic mass is 9.97. The van der Waals surface area contributed by atoms with Crippen LogP contribution in [0, 0.1) is 11.6 Å². The van der Waals surface area contributed by atoms with E-state index in [1.54, 1.807) is 12.1 Å². The number of nitrogens with zero attached hydrogens (tertiary/aromatic N) is 1. The Hall–Kier alpha value is -1.00. The van der Waals surface area contributed by atoms with Crippen LogP contribution < -0.4 is 5.32 Å². The smallest absolute Gasteiger partial charge is 0.163 e. The number of rotatable bonds is 3. The standard InChI is InChI=1S/C15H22F2N2/c1-4-12-8-18-15(2,3)10-19(12)9-11-6-5-7-13(16)14(11)17/h5-7,12,18H,4,8-10H2,1-3H3. The van der Waals surface area contributed by atoms with Crippen LogP contribution in [0.4, 0.5) is 8.78 Å². The molecule has 19 heavy (non-hydrogen) atoms. The van der Waals surface area contributed by atoms with Crippen LogP contribution in [-0.4, -0.2) is 29.6 Å². The number of piperazine rings is 1. The van der Waals surface area contributed by atoms with E-state index in [2.05, 4.69) is 31.0 Å². The van der Waals surface area contributed by atoms with Gasteiger partial charge in [0, 0.05) is 36.8 Å². The molecule has 1 aromatic rings. The van der Waals surface area contributed by atoms with E-state index in [0.29, 0.717) is 18.2 Å². The number of benzene rings is 1. The maximum atomic E-state index is 13.8. The Labute approximate surface area is 113 Å². The average molecular weight is 268 g/mol. The summed E-state index contributed by atoms with van der Waals surface area (Å²) in [6, 6.07) is 4.77. The number of halogens is 2. The summed E-state index contributed by atoms with van der Waals surface area (Å²) in [5.41, 5.74) is 0.450. The number of hydrogen-bond donors (Lipinski definition) is 1. The van der Waals surface area contributed by atoms with E-state index in [4.69, 9.17) is 0 Å². The third-order valence-electron chi connectivity index (χ3n) is 3.81. The van der Waals surface area contributed by atoms with E-state index in [1.165, 1.54) is 0 Å². The Morgan fingerprint density at radius 2 is 2.11 bits per heavy atom. The quantitative estimate of drug-likeness (QED) is 0.906. The lowest BCUT2D eigenvalue weighted by molar-refractivity contribution is 0.0846. The second-order valence-corrected chi connectivity index (χ2v) is 5.94. The fourth-order valence-corrected chi connectivity index (χ4v) is 2.69. The summed E-state index contributed by atoms with van der Waals surface area (Å²) in [7, 11) is 0. The summed E-state index contributed by atoms with van der Waals surface area (Å²) in [5.74, 6) is -1.48. The molecule has 4 heteroatoms. The normalized spacial score (nSPS) is 23.5. The molecule has 1 aromatic carbocycles. The highest BCUT2D eigenvalue weighted by atomic mass is 19.2. The van der Waals surface area contributed by atoms with Crippen LogP contribution in [0.3, 0.4) is 0 Å². The molecule has 0 saturated carbocycles. The van der Waals surface area contributed by atoms with Gasteiger partial charge in [-0.3, -0.25) is 4.90 Å². The first-order valence-corrected chi connectivity index (χ1v) is 6.85. The number of nitrogens with one attached hydrogen (secondary N) is 1. The summed E-state index contributed by atoms with van der Waals surface area (Å²) in [6.07, 6.45) is 1.00. The van der Waals surface area contributed by atoms with Crippen molar-refractivity contribution < 1.29 is 8.78 Å². The first-order valence-electron chi connectivity index (χ1n) is 6.85. The van der Waals surface area contributed by atoms with Crippen molar-refractivity contribution >= 4 is 0 Å². The lowest BCUT2D eigenvalue weighted by Crippen LogP contribution is -2.61. The first kappa shape index (κ1) is 14.4. The van der Waals surface area contributed by atoms with Crippen molar-refractivity contribution in [3.05, 3.63) is 35.4 Å². The topological polar surface area (TPSA) is 15.3 Å². The van der Waals surface area contributed by atoms with Gasteiger partial charge in [-0.2, -0.15) is 0 Å². The van der Waals surface area contributed by atoms with Crippen LogP contribution in [0.1, 0.15) is 32.8 Å². The van der Waals surface area contributed by atoms with Gasteiger partial charge in [-0.15, -0.1) is 0 Å². The van der Waals surface area contributed by atoms with Crippen molar-refractivity contribution in [1.82, 2.24) is 10.2 Å². The molecule has 0 spiro atoms.